The average molecular weight is 352 g/mol. The number of rotatable bonds is 6. The lowest BCUT2D eigenvalue weighted by Gasteiger charge is -2.20. The monoisotopic (exact) mass is 351 g/mol. The molecule has 0 aromatic heterocycles. The number of halogens is 1. The van der Waals surface area contributed by atoms with Gasteiger partial charge in [-0.3, -0.25) is 4.79 Å². The number of benzene rings is 3. The van der Waals surface area contributed by atoms with Crippen LogP contribution in [0.25, 0.3) is 0 Å². The van der Waals surface area contributed by atoms with Crippen molar-refractivity contribution in [2.45, 2.75) is 6.04 Å². The van der Waals surface area contributed by atoms with Crippen molar-refractivity contribution < 1.29 is 9.53 Å². The van der Waals surface area contributed by atoms with Gasteiger partial charge < -0.3 is 10.1 Å². The molecule has 0 saturated heterocycles. The molecular formula is C21H18ClNO2. The zero-order chi connectivity index (χ0) is 17.5. The molecule has 0 fully saturated rings. The van der Waals surface area contributed by atoms with Gasteiger partial charge in [-0.1, -0.05) is 78.3 Å². The molecule has 0 bridgehead atoms. The van der Waals surface area contributed by atoms with Crippen LogP contribution in [0.4, 0.5) is 0 Å². The summed E-state index contributed by atoms with van der Waals surface area (Å²) in [4.78, 5) is 12.4. The number of ether oxygens (including phenoxy) is 1. The predicted octanol–water partition coefficient (Wildman–Crippen LogP) is 4.62. The summed E-state index contributed by atoms with van der Waals surface area (Å²) in [6.07, 6.45) is 0. The van der Waals surface area contributed by atoms with Crippen LogP contribution in [0.15, 0.2) is 84.9 Å². The molecule has 0 aliphatic carbocycles. The Balaban J connectivity index is 1.71. The highest BCUT2D eigenvalue weighted by molar-refractivity contribution is 6.30. The summed E-state index contributed by atoms with van der Waals surface area (Å²) in [6.45, 7) is -0.0729. The van der Waals surface area contributed by atoms with Gasteiger partial charge in [-0.2, -0.15) is 0 Å². The Kier molecular flexibility index (Phi) is 5.70. The lowest BCUT2D eigenvalue weighted by atomic mass is 9.99. The SMILES string of the molecule is O=C(COc1cccc(Cl)c1)NC(c1ccccc1)c1ccccc1. The highest BCUT2D eigenvalue weighted by Gasteiger charge is 2.16. The molecule has 4 heteroatoms. The molecule has 3 aromatic rings. The van der Waals surface area contributed by atoms with Crippen LogP contribution in [-0.4, -0.2) is 12.5 Å². The van der Waals surface area contributed by atoms with E-state index in [2.05, 4.69) is 5.32 Å². The van der Waals surface area contributed by atoms with Crippen molar-refractivity contribution in [1.82, 2.24) is 5.32 Å². The van der Waals surface area contributed by atoms with Crippen LogP contribution in [0.3, 0.4) is 0 Å². The fourth-order valence-electron chi connectivity index (χ4n) is 2.56. The van der Waals surface area contributed by atoms with E-state index in [1.165, 1.54) is 0 Å². The van der Waals surface area contributed by atoms with Crippen LogP contribution in [0.1, 0.15) is 17.2 Å². The molecule has 0 unspecified atom stereocenters. The van der Waals surface area contributed by atoms with Crippen molar-refractivity contribution in [3.63, 3.8) is 0 Å². The van der Waals surface area contributed by atoms with Gasteiger partial charge in [0, 0.05) is 5.02 Å². The third-order valence-corrected chi connectivity index (χ3v) is 3.97. The van der Waals surface area contributed by atoms with Gasteiger partial charge in [0.15, 0.2) is 6.61 Å². The van der Waals surface area contributed by atoms with Gasteiger partial charge in [-0.15, -0.1) is 0 Å². The second-order valence-corrected chi connectivity index (χ2v) is 6.00. The van der Waals surface area contributed by atoms with Crippen LogP contribution >= 0.6 is 11.6 Å². The topological polar surface area (TPSA) is 38.3 Å². The minimum atomic E-state index is -0.224. The molecule has 0 spiro atoms. The fraction of sp³-hybridized carbons (Fsp3) is 0.0952. The number of carbonyl (C=O) groups is 1. The lowest BCUT2D eigenvalue weighted by Crippen LogP contribution is -2.33. The number of carbonyl (C=O) groups excluding carboxylic acids is 1. The summed E-state index contributed by atoms with van der Waals surface area (Å²) < 4.78 is 5.52. The third-order valence-electron chi connectivity index (χ3n) is 3.74. The van der Waals surface area contributed by atoms with E-state index in [-0.39, 0.29) is 18.6 Å². The van der Waals surface area contributed by atoms with Crippen molar-refractivity contribution in [3.05, 3.63) is 101 Å². The molecule has 3 nitrogen and oxygen atoms in total. The van der Waals surface area contributed by atoms with Gasteiger partial charge in [-0.05, 0) is 29.3 Å². The molecule has 0 radical (unpaired) electrons. The predicted molar refractivity (Wildman–Crippen MR) is 99.8 cm³/mol. The Labute approximate surface area is 152 Å². The van der Waals surface area contributed by atoms with E-state index in [4.69, 9.17) is 16.3 Å². The molecule has 0 atom stereocenters. The fourth-order valence-corrected chi connectivity index (χ4v) is 2.74. The highest BCUT2D eigenvalue weighted by Crippen LogP contribution is 2.22. The van der Waals surface area contributed by atoms with Crippen LogP contribution in [0, 0.1) is 0 Å². The molecule has 0 aliphatic rings. The largest absolute Gasteiger partial charge is 0.484 e. The van der Waals surface area contributed by atoms with E-state index >= 15 is 0 Å². The van der Waals surface area contributed by atoms with Crippen LogP contribution in [0.5, 0.6) is 5.75 Å². The number of amides is 1. The summed E-state index contributed by atoms with van der Waals surface area (Å²) in [5.74, 6) is 0.372. The first-order valence-corrected chi connectivity index (χ1v) is 8.38. The second-order valence-electron chi connectivity index (χ2n) is 5.57. The summed E-state index contributed by atoms with van der Waals surface area (Å²) >= 11 is 5.92. The van der Waals surface area contributed by atoms with Gasteiger partial charge in [0.05, 0.1) is 6.04 Å². The van der Waals surface area contributed by atoms with Gasteiger partial charge in [0.25, 0.3) is 5.91 Å². The van der Waals surface area contributed by atoms with Crippen molar-refractivity contribution in [1.29, 1.82) is 0 Å². The van der Waals surface area contributed by atoms with Gasteiger partial charge in [0.1, 0.15) is 5.75 Å². The Morgan fingerprint density at radius 1 is 0.880 bits per heavy atom. The van der Waals surface area contributed by atoms with E-state index in [9.17, 15) is 4.79 Å². The third kappa shape index (κ3) is 4.85. The molecule has 126 valence electrons. The van der Waals surface area contributed by atoms with E-state index < -0.39 is 0 Å². The molecule has 1 N–H and O–H groups in total. The molecule has 0 aliphatic heterocycles. The van der Waals surface area contributed by atoms with E-state index in [0.717, 1.165) is 11.1 Å². The summed E-state index contributed by atoms with van der Waals surface area (Å²) in [7, 11) is 0. The molecule has 0 saturated carbocycles. The van der Waals surface area contributed by atoms with Crippen molar-refractivity contribution in [2.24, 2.45) is 0 Å². The van der Waals surface area contributed by atoms with Crippen molar-refractivity contribution in [3.8, 4) is 5.75 Å². The maximum atomic E-state index is 12.4. The lowest BCUT2D eigenvalue weighted by molar-refractivity contribution is -0.123. The zero-order valence-corrected chi connectivity index (χ0v) is 14.3. The quantitative estimate of drug-likeness (QED) is 0.703. The summed E-state index contributed by atoms with van der Waals surface area (Å²) in [6, 6.07) is 26.5. The summed E-state index contributed by atoms with van der Waals surface area (Å²) in [5.41, 5.74) is 2.04. The highest BCUT2D eigenvalue weighted by atomic mass is 35.5. The van der Waals surface area contributed by atoms with Crippen molar-refractivity contribution >= 4 is 17.5 Å². The first-order valence-electron chi connectivity index (χ1n) is 8.00. The Hall–Kier alpha value is -2.78. The van der Waals surface area contributed by atoms with Gasteiger partial charge in [-0.25, -0.2) is 0 Å². The number of hydrogen-bond acceptors (Lipinski definition) is 2. The molecule has 1 amide bonds. The molecule has 0 heterocycles. The zero-order valence-electron chi connectivity index (χ0n) is 13.6. The minimum Gasteiger partial charge on any atom is -0.484 e. The van der Waals surface area contributed by atoms with Gasteiger partial charge in [0.2, 0.25) is 0 Å². The maximum absolute atomic E-state index is 12.4. The molecule has 3 aromatic carbocycles. The standard InChI is InChI=1S/C21H18ClNO2/c22-18-12-7-13-19(14-18)25-15-20(24)23-21(16-8-3-1-4-9-16)17-10-5-2-6-11-17/h1-14,21H,15H2,(H,23,24). The van der Waals surface area contributed by atoms with Crippen LogP contribution < -0.4 is 10.1 Å². The molecule has 3 rings (SSSR count). The first-order chi connectivity index (χ1) is 12.2. The Bertz CT molecular complexity index is 782. The Morgan fingerprint density at radius 2 is 1.48 bits per heavy atom. The number of nitrogens with one attached hydrogen (secondary N) is 1. The smallest absolute Gasteiger partial charge is 0.258 e. The first kappa shape index (κ1) is 17.1. The Morgan fingerprint density at radius 3 is 2.04 bits per heavy atom. The van der Waals surface area contributed by atoms with E-state index in [1.54, 1.807) is 24.3 Å². The van der Waals surface area contributed by atoms with E-state index in [1.807, 2.05) is 60.7 Å². The molecule has 25 heavy (non-hydrogen) atoms. The van der Waals surface area contributed by atoms with Crippen LogP contribution in [-0.2, 0) is 4.79 Å². The van der Waals surface area contributed by atoms with E-state index in [0.29, 0.717) is 10.8 Å². The number of hydrogen-bond donors (Lipinski definition) is 1. The van der Waals surface area contributed by atoms with Crippen LogP contribution in [0.2, 0.25) is 5.02 Å². The second kappa shape index (κ2) is 8.36. The average Bonchev–Trinajstić information content (AvgIpc) is 2.66. The summed E-state index contributed by atoms with van der Waals surface area (Å²) in [5, 5.41) is 3.61. The van der Waals surface area contributed by atoms with Gasteiger partial charge >= 0.3 is 0 Å². The van der Waals surface area contributed by atoms with Crippen molar-refractivity contribution in [2.75, 3.05) is 6.61 Å². The molecular weight excluding hydrogens is 334 g/mol. The minimum absolute atomic E-state index is 0.0729. The normalized spacial score (nSPS) is 10.5. The maximum Gasteiger partial charge on any atom is 0.258 e.